The molecule has 6 heteroatoms. The van der Waals surface area contributed by atoms with Crippen LogP contribution in [0.15, 0.2) is 24.3 Å². The Kier molecular flexibility index (Phi) is 4.91. The maximum atomic E-state index is 12.7. The summed E-state index contributed by atoms with van der Waals surface area (Å²) in [6.45, 7) is 1.34. The summed E-state index contributed by atoms with van der Waals surface area (Å²) in [5.74, 6) is -0.224. The molecule has 124 valence electrons. The normalized spacial score (nSPS) is 21.3. The molecule has 1 unspecified atom stereocenters. The Hall–Kier alpha value is -1.95. The van der Waals surface area contributed by atoms with Gasteiger partial charge in [0.25, 0.3) is 0 Å². The quantitative estimate of drug-likeness (QED) is 0.905. The van der Waals surface area contributed by atoms with Gasteiger partial charge in [0.15, 0.2) is 0 Å². The summed E-state index contributed by atoms with van der Waals surface area (Å²) < 4.78 is 12.5. The zero-order chi connectivity index (χ0) is 16.2. The van der Waals surface area contributed by atoms with Crippen LogP contribution in [0.2, 0.25) is 0 Å². The molecule has 1 saturated heterocycles. The average Bonchev–Trinajstić information content (AvgIpc) is 2.58. The number of para-hydroxylation sites is 1. The van der Waals surface area contributed by atoms with Crippen LogP contribution >= 0.6 is 0 Å². The van der Waals surface area contributed by atoms with E-state index < -0.39 is 12.7 Å². The molecule has 0 spiro atoms. The van der Waals surface area contributed by atoms with E-state index in [0.717, 1.165) is 18.5 Å². The molecule has 0 aromatic heterocycles. The summed E-state index contributed by atoms with van der Waals surface area (Å²) in [4.78, 5) is 28.3. The van der Waals surface area contributed by atoms with Gasteiger partial charge in [-0.3, -0.25) is 9.59 Å². The molecule has 0 saturated carbocycles. The lowest BCUT2D eigenvalue weighted by molar-refractivity contribution is -0.138. The molecular weight excluding hydrogens is 297 g/mol. The molecule has 2 heterocycles. The predicted octanol–water partition coefficient (Wildman–Crippen LogP) is 1.13. The second-order valence-electron chi connectivity index (χ2n) is 6.00. The highest BCUT2D eigenvalue weighted by molar-refractivity contribution is 5.98. The number of carbonyl (C=O) groups is 2. The summed E-state index contributed by atoms with van der Waals surface area (Å²) in [5.41, 5.74) is 2.13. The number of piperazine rings is 1. The lowest BCUT2D eigenvalue weighted by Gasteiger charge is -2.34. The summed E-state index contributed by atoms with van der Waals surface area (Å²) in [7, 11) is 0. The number of hydrogen-bond acceptors (Lipinski definition) is 3. The fraction of sp³-hybridized carbons (Fsp3) is 0.529. The van der Waals surface area contributed by atoms with Crippen molar-refractivity contribution in [2.24, 2.45) is 0 Å². The summed E-state index contributed by atoms with van der Waals surface area (Å²) >= 11 is 0. The number of alkyl halides is 1. The van der Waals surface area contributed by atoms with Crippen LogP contribution in [-0.4, -0.2) is 55.6 Å². The molecule has 0 radical (unpaired) electrons. The van der Waals surface area contributed by atoms with Crippen molar-refractivity contribution >= 4 is 17.5 Å². The number of fused-ring (bicyclic) bond motifs is 1. The maximum absolute atomic E-state index is 12.7. The number of benzene rings is 1. The van der Waals surface area contributed by atoms with Gasteiger partial charge in [0, 0.05) is 31.9 Å². The second kappa shape index (κ2) is 7.08. The van der Waals surface area contributed by atoms with E-state index in [0.29, 0.717) is 19.6 Å². The number of amides is 2. The third-order valence-corrected chi connectivity index (χ3v) is 4.53. The van der Waals surface area contributed by atoms with Crippen molar-refractivity contribution in [2.45, 2.75) is 25.3 Å². The Bertz CT molecular complexity index is 591. The first-order valence-electron chi connectivity index (χ1n) is 8.17. The summed E-state index contributed by atoms with van der Waals surface area (Å²) in [6, 6.07) is 7.36. The Morgan fingerprint density at radius 1 is 1.30 bits per heavy atom. The van der Waals surface area contributed by atoms with Gasteiger partial charge >= 0.3 is 0 Å². The van der Waals surface area contributed by atoms with Crippen LogP contribution in [0.5, 0.6) is 0 Å². The minimum Gasteiger partial charge on any atom is -0.337 e. The van der Waals surface area contributed by atoms with Gasteiger partial charge in [-0.05, 0) is 24.5 Å². The number of halogens is 1. The molecule has 2 aliphatic rings. The molecule has 0 bridgehead atoms. The van der Waals surface area contributed by atoms with Crippen molar-refractivity contribution in [3.05, 3.63) is 29.8 Å². The monoisotopic (exact) mass is 319 g/mol. The fourth-order valence-electron chi connectivity index (χ4n) is 3.35. The van der Waals surface area contributed by atoms with Crippen LogP contribution in [0.25, 0.3) is 0 Å². The van der Waals surface area contributed by atoms with Gasteiger partial charge < -0.3 is 15.1 Å². The molecule has 1 atom stereocenters. The van der Waals surface area contributed by atoms with E-state index in [2.05, 4.69) is 5.32 Å². The smallest absolute Gasteiger partial charge is 0.240 e. The highest BCUT2D eigenvalue weighted by atomic mass is 19.1. The first kappa shape index (κ1) is 15.9. The zero-order valence-electron chi connectivity index (χ0n) is 13.1. The molecule has 5 nitrogen and oxygen atoms in total. The number of aryl methyl sites for hydroxylation is 1. The molecule has 2 aliphatic heterocycles. The molecular formula is C17H22FN3O2. The number of nitrogens with zero attached hydrogens (tertiary/aromatic N) is 2. The molecule has 1 aromatic carbocycles. The topological polar surface area (TPSA) is 52.7 Å². The largest absolute Gasteiger partial charge is 0.337 e. The van der Waals surface area contributed by atoms with E-state index in [1.165, 1.54) is 10.5 Å². The van der Waals surface area contributed by atoms with E-state index >= 15 is 0 Å². The average molecular weight is 319 g/mol. The number of nitrogens with one attached hydrogen (secondary N) is 1. The molecule has 1 aromatic rings. The number of rotatable bonds is 4. The lowest BCUT2D eigenvalue weighted by Crippen LogP contribution is -2.57. The number of carbonyl (C=O) groups excluding carboxylic acids is 2. The van der Waals surface area contributed by atoms with Gasteiger partial charge in [0.2, 0.25) is 11.8 Å². The Morgan fingerprint density at radius 3 is 2.96 bits per heavy atom. The maximum Gasteiger partial charge on any atom is 0.240 e. The molecule has 3 rings (SSSR count). The van der Waals surface area contributed by atoms with Crippen molar-refractivity contribution in [2.75, 3.05) is 37.8 Å². The van der Waals surface area contributed by atoms with Gasteiger partial charge in [-0.25, -0.2) is 4.39 Å². The van der Waals surface area contributed by atoms with Crippen molar-refractivity contribution < 1.29 is 14.0 Å². The SMILES string of the molecule is O=C1C(CC(=O)N2CCCc3ccccc32)NCCN1CCF. The summed E-state index contributed by atoms with van der Waals surface area (Å²) in [6.07, 6.45) is 2.03. The van der Waals surface area contributed by atoms with Crippen LogP contribution < -0.4 is 10.2 Å². The van der Waals surface area contributed by atoms with E-state index in [9.17, 15) is 14.0 Å². The molecule has 23 heavy (non-hydrogen) atoms. The van der Waals surface area contributed by atoms with Crippen LogP contribution in [0, 0.1) is 0 Å². The third-order valence-electron chi connectivity index (χ3n) is 4.53. The van der Waals surface area contributed by atoms with Crippen molar-refractivity contribution in [3.63, 3.8) is 0 Å². The Morgan fingerprint density at radius 2 is 2.13 bits per heavy atom. The first-order chi connectivity index (χ1) is 11.2. The van der Waals surface area contributed by atoms with Crippen LogP contribution in [0.4, 0.5) is 10.1 Å². The van der Waals surface area contributed by atoms with E-state index in [4.69, 9.17) is 0 Å². The predicted molar refractivity (Wildman–Crippen MR) is 86.1 cm³/mol. The van der Waals surface area contributed by atoms with E-state index in [1.54, 1.807) is 4.90 Å². The van der Waals surface area contributed by atoms with Gasteiger partial charge in [0.1, 0.15) is 6.67 Å². The highest BCUT2D eigenvalue weighted by Gasteiger charge is 2.32. The first-order valence-corrected chi connectivity index (χ1v) is 8.17. The fourth-order valence-corrected chi connectivity index (χ4v) is 3.35. The van der Waals surface area contributed by atoms with E-state index in [1.807, 2.05) is 24.3 Å². The Labute approximate surface area is 135 Å². The second-order valence-corrected chi connectivity index (χ2v) is 6.00. The Balaban J connectivity index is 1.69. The molecule has 1 N–H and O–H groups in total. The van der Waals surface area contributed by atoms with Crippen molar-refractivity contribution in [1.82, 2.24) is 10.2 Å². The molecule has 0 aliphatic carbocycles. The summed E-state index contributed by atoms with van der Waals surface area (Å²) in [5, 5.41) is 3.09. The lowest BCUT2D eigenvalue weighted by atomic mass is 10.0. The van der Waals surface area contributed by atoms with Gasteiger partial charge in [-0.15, -0.1) is 0 Å². The van der Waals surface area contributed by atoms with Crippen LogP contribution in [0.3, 0.4) is 0 Å². The standard InChI is InChI=1S/C17H22FN3O2/c18-7-10-20-11-8-19-14(17(20)23)12-16(22)21-9-3-5-13-4-1-2-6-15(13)21/h1-2,4,6,14,19H,3,5,7-12H2. The number of hydrogen-bond donors (Lipinski definition) is 1. The zero-order valence-corrected chi connectivity index (χ0v) is 13.1. The van der Waals surface area contributed by atoms with Crippen LogP contribution in [-0.2, 0) is 16.0 Å². The van der Waals surface area contributed by atoms with E-state index in [-0.39, 0.29) is 24.8 Å². The molecule has 2 amide bonds. The van der Waals surface area contributed by atoms with Gasteiger partial charge in [-0.2, -0.15) is 0 Å². The van der Waals surface area contributed by atoms with Gasteiger partial charge in [0.05, 0.1) is 12.5 Å². The van der Waals surface area contributed by atoms with Crippen LogP contribution in [0.1, 0.15) is 18.4 Å². The number of anilines is 1. The van der Waals surface area contributed by atoms with Gasteiger partial charge in [-0.1, -0.05) is 18.2 Å². The van der Waals surface area contributed by atoms with Crippen molar-refractivity contribution in [3.8, 4) is 0 Å². The molecule has 1 fully saturated rings. The minimum absolute atomic E-state index is 0.0508. The highest BCUT2D eigenvalue weighted by Crippen LogP contribution is 2.27. The third kappa shape index (κ3) is 3.37. The minimum atomic E-state index is -0.550. The van der Waals surface area contributed by atoms with Crippen molar-refractivity contribution in [1.29, 1.82) is 0 Å².